The summed E-state index contributed by atoms with van der Waals surface area (Å²) < 4.78 is 0. The van der Waals surface area contributed by atoms with Crippen molar-refractivity contribution >= 4 is 23.2 Å². The first-order valence-electron chi connectivity index (χ1n) is 10.9. The van der Waals surface area contributed by atoms with Crippen LogP contribution < -0.4 is 16.5 Å². The minimum Gasteiger partial charge on any atom is -0.406 e. The van der Waals surface area contributed by atoms with Gasteiger partial charge in [-0.05, 0) is 41.8 Å². The maximum absolute atomic E-state index is 10.3. The van der Waals surface area contributed by atoms with E-state index < -0.39 is 6.10 Å². The number of nitrogens with one attached hydrogen (secondary N) is 2. The van der Waals surface area contributed by atoms with Crippen LogP contribution in [-0.2, 0) is 11.4 Å². The summed E-state index contributed by atoms with van der Waals surface area (Å²) in [5.41, 5.74) is 14.0. The van der Waals surface area contributed by atoms with Gasteiger partial charge in [0.2, 0.25) is 0 Å². The molecule has 2 heterocycles. The molecule has 3 aromatic rings. The van der Waals surface area contributed by atoms with E-state index in [2.05, 4.69) is 15.8 Å². The number of hydrogen-bond acceptors (Lipinski definition) is 7. The zero-order chi connectivity index (χ0) is 23.5. The van der Waals surface area contributed by atoms with E-state index in [9.17, 15) is 5.11 Å². The van der Waals surface area contributed by atoms with E-state index in [1.165, 1.54) is 0 Å². The molecule has 172 valence electrons. The zero-order valence-corrected chi connectivity index (χ0v) is 19.6. The van der Waals surface area contributed by atoms with Crippen molar-refractivity contribution in [3.05, 3.63) is 82.1 Å². The quantitative estimate of drug-likeness (QED) is 0.409. The normalized spacial score (nSPS) is 16.5. The van der Waals surface area contributed by atoms with Crippen LogP contribution in [-0.4, -0.2) is 22.1 Å². The maximum atomic E-state index is 10.3. The Morgan fingerprint density at radius 3 is 2.64 bits per heavy atom. The molecule has 0 spiro atoms. The Morgan fingerprint density at radius 1 is 1.21 bits per heavy atom. The van der Waals surface area contributed by atoms with Gasteiger partial charge in [0.05, 0.1) is 24.0 Å². The molecule has 0 aliphatic carbocycles. The lowest BCUT2D eigenvalue weighted by Crippen LogP contribution is -2.13. The van der Waals surface area contributed by atoms with Crippen LogP contribution in [0.5, 0.6) is 0 Å². The molecule has 4 rings (SSSR count). The standard InChI is InChI=1S/C25H28ClN5O2/c1-14(2)24(32)16-6-4-15(5-7-16)21-13-29-25(27)23(30-21)22-11-20(31-33-22)17-8-9-18(12-28-3)19(26)10-17/h4-11,13-14,20,24,28,31-32H,12H2,1-3H3,(H2,27,29). The highest BCUT2D eigenvalue weighted by Crippen LogP contribution is 2.32. The summed E-state index contributed by atoms with van der Waals surface area (Å²) >= 11 is 6.41. The fraction of sp³-hybridized carbons (Fsp3) is 0.280. The summed E-state index contributed by atoms with van der Waals surface area (Å²) in [7, 11) is 1.88. The molecule has 0 radical (unpaired) electrons. The average Bonchev–Trinajstić information content (AvgIpc) is 3.30. The first-order chi connectivity index (χ1) is 15.9. The summed E-state index contributed by atoms with van der Waals surface area (Å²) in [6, 6.07) is 13.4. The lowest BCUT2D eigenvalue weighted by molar-refractivity contribution is 0.127. The fourth-order valence-corrected chi connectivity index (χ4v) is 3.94. The van der Waals surface area contributed by atoms with Gasteiger partial charge in [0.25, 0.3) is 0 Å². The topological polar surface area (TPSA) is 105 Å². The third-order valence-corrected chi connectivity index (χ3v) is 5.98. The second-order valence-corrected chi connectivity index (χ2v) is 8.82. The number of nitrogens with two attached hydrogens (primary N) is 1. The van der Waals surface area contributed by atoms with Crippen molar-refractivity contribution in [1.82, 2.24) is 20.8 Å². The molecule has 1 aromatic heterocycles. The number of aromatic nitrogens is 2. The Morgan fingerprint density at radius 2 is 1.97 bits per heavy atom. The number of aliphatic hydroxyl groups is 1. The van der Waals surface area contributed by atoms with Crippen LogP contribution >= 0.6 is 11.6 Å². The number of nitrogen functional groups attached to an aromatic ring is 1. The Bertz CT molecular complexity index is 1160. The number of nitrogens with zero attached hydrogens (tertiary/aromatic N) is 2. The molecule has 2 unspecified atom stereocenters. The third-order valence-electron chi connectivity index (χ3n) is 5.63. The van der Waals surface area contributed by atoms with E-state index in [0.29, 0.717) is 28.7 Å². The summed E-state index contributed by atoms with van der Waals surface area (Å²) in [6.45, 7) is 4.67. The molecule has 0 amide bonds. The van der Waals surface area contributed by atoms with Crippen molar-refractivity contribution in [1.29, 1.82) is 0 Å². The Labute approximate surface area is 198 Å². The van der Waals surface area contributed by atoms with Gasteiger partial charge in [-0.15, -0.1) is 5.48 Å². The second kappa shape index (κ2) is 9.89. The van der Waals surface area contributed by atoms with Crippen molar-refractivity contribution < 1.29 is 9.94 Å². The minimum atomic E-state index is -0.507. The predicted octanol–water partition coefficient (Wildman–Crippen LogP) is 4.41. The summed E-state index contributed by atoms with van der Waals surface area (Å²) in [6.07, 6.45) is 3.04. The van der Waals surface area contributed by atoms with Crippen molar-refractivity contribution in [2.24, 2.45) is 5.92 Å². The molecular weight excluding hydrogens is 438 g/mol. The molecule has 1 aliphatic heterocycles. The van der Waals surface area contributed by atoms with Crippen LogP contribution in [0.25, 0.3) is 17.0 Å². The van der Waals surface area contributed by atoms with Gasteiger partial charge >= 0.3 is 0 Å². The summed E-state index contributed by atoms with van der Waals surface area (Å²) in [4.78, 5) is 14.7. The number of benzene rings is 2. The first-order valence-corrected chi connectivity index (χ1v) is 11.2. The summed E-state index contributed by atoms with van der Waals surface area (Å²) in [5, 5.41) is 14.1. The van der Waals surface area contributed by atoms with Crippen molar-refractivity contribution in [3.63, 3.8) is 0 Å². The maximum Gasteiger partial charge on any atom is 0.174 e. The minimum absolute atomic E-state index is 0.139. The first kappa shape index (κ1) is 23.2. The molecule has 0 fully saturated rings. The highest BCUT2D eigenvalue weighted by atomic mass is 35.5. The van der Waals surface area contributed by atoms with Crippen LogP contribution in [0.2, 0.25) is 5.02 Å². The van der Waals surface area contributed by atoms with Gasteiger partial charge in [-0.2, -0.15) is 0 Å². The number of halogens is 1. The Kier molecular flexibility index (Phi) is 6.95. The summed E-state index contributed by atoms with van der Waals surface area (Å²) in [5.74, 6) is 0.927. The molecule has 0 saturated heterocycles. The molecule has 33 heavy (non-hydrogen) atoms. The highest BCUT2D eigenvalue weighted by molar-refractivity contribution is 6.31. The van der Waals surface area contributed by atoms with Gasteiger partial charge in [0, 0.05) is 17.1 Å². The van der Waals surface area contributed by atoms with E-state index in [4.69, 9.17) is 27.2 Å². The van der Waals surface area contributed by atoms with Crippen molar-refractivity contribution in [2.75, 3.05) is 12.8 Å². The SMILES string of the molecule is CNCc1ccc(C2C=C(c3nc(-c4ccc(C(O)C(C)C)cc4)cnc3N)ON2)cc1Cl. The van der Waals surface area contributed by atoms with Crippen LogP contribution in [0.3, 0.4) is 0 Å². The van der Waals surface area contributed by atoms with E-state index in [1.807, 2.05) is 69.4 Å². The van der Waals surface area contributed by atoms with Gasteiger partial charge in [-0.25, -0.2) is 9.97 Å². The predicted molar refractivity (Wildman–Crippen MR) is 131 cm³/mol. The molecule has 2 aromatic carbocycles. The number of rotatable bonds is 7. The van der Waals surface area contributed by atoms with Gasteiger partial charge in [-0.1, -0.05) is 61.8 Å². The lowest BCUT2D eigenvalue weighted by atomic mass is 9.98. The lowest BCUT2D eigenvalue weighted by Gasteiger charge is -2.15. The fourth-order valence-electron chi connectivity index (χ4n) is 3.68. The van der Waals surface area contributed by atoms with E-state index in [-0.39, 0.29) is 17.8 Å². The van der Waals surface area contributed by atoms with Crippen LogP contribution in [0.4, 0.5) is 5.82 Å². The van der Waals surface area contributed by atoms with Crippen LogP contribution in [0.1, 0.15) is 48.4 Å². The molecule has 1 aliphatic rings. The molecule has 0 saturated carbocycles. The second-order valence-electron chi connectivity index (χ2n) is 8.41. The van der Waals surface area contributed by atoms with Crippen LogP contribution in [0.15, 0.2) is 54.7 Å². The zero-order valence-electron chi connectivity index (χ0n) is 18.8. The number of hydroxylamine groups is 1. The van der Waals surface area contributed by atoms with E-state index in [1.54, 1.807) is 6.20 Å². The monoisotopic (exact) mass is 465 g/mol. The van der Waals surface area contributed by atoms with E-state index in [0.717, 1.165) is 22.3 Å². The molecule has 8 heteroatoms. The van der Waals surface area contributed by atoms with E-state index >= 15 is 0 Å². The smallest absolute Gasteiger partial charge is 0.174 e. The average molecular weight is 466 g/mol. The van der Waals surface area contributed by atoms with Crippen molar-refractivity contribution in [3.8, 4) is 11.3 Å². The number of anilines is 1. The van der Waals surface area contributed by atoms with Crippen molar-refractivity contribution in [2.45, 2.75) is 32.5 Å². The number of aliphatic hydroxyl groups excluding tert-OH is 1. The van der Waals surface area contributed by atoms with Gasteiger partial charge in [0.1, 0.15) is 0 Å². The largest absolute Gasteiger partial charge is 0.406 e. The third kappa shape index (κ3) is 5.02. The number of hydrogen-bond donors (Lipinski definition) is 4. The Balaban J connectivity index is 1.59. The van der Waals surface area contributed by atoms with Gasteiger partial charge in [0.15, 0.2) is 17.3 Å². The molecule has 0 bridgehead atoms. The highest BCUT2D eigenvalue weighted by Gasteiger charge is 2.24. The van der Waals surface area contributed by atoms with Crippen LogP contribution in [0, 0.1) is 5.92 Å². The van der Waals surface area contributed by atoms with Gasteiger partial charge in [-0.3, -0.25) is 0 Å². The van der Waals surface area contributed by atoms with Gasteiger partial charge < -0.3 is 21.0 Å². The molecule has 2 atom stereocenters. The molecule has 5 N–H and O–H groups in total. The molecule has 7 nitrogen and oxygen atoms in total. The molecular formula is C25H28ClN5O2. The Hall–Kier alpha value is -2.97.